The lowest BCUT2D eigenvalue weighted by atomic mass is 9.89. The van der Waals surface area contributed by atoms with Gasteiger partial charge in [0.15, 0.2) is 0 Å². The highest BCUT2D eigenvalue weighted by Gasteiger charge is 2.25. The van der Waals surface area contributed by atoms with Crippen LogP contribution in [0.2, 0.25) is 0 Å². The first-order chi connectivity index (χ1) is 9.24. The molecule has 0 spiro atoms. The van der Waals surface area contributed by atoms with E-state index in [1.807, 2.05) is 0 Å². The third-order valence-electron chi connectivity index (χ3n) is 3.98. The SMILES string of the molecule is Fc1cc(Br)c(OCC2CC2)c(C2CCNCC2)c1. The van der Waals surface area contributed by atoms with E-state index >= 15 is 0 Å². The number of benzene rings is 1. The summed E-state index contributed by atoms with van der Waals surface area (Å²) in [7, 11) is 0. The van der Waals surface area contributed by atoms with Crippen LogP contribution < -0.4 is 10.1 Å². The molecule has 0 atom stereocenters. The number of hydrogen-bond donors (Lipinski definition) is 1. The second-order valence-electron chi connectivity index (χ2n) is 5.58. The molecule has 2 fully saturated rings. The first-order valence-corrected chi connectivity index (χ1v) is 7.86. The monoisotopic (exact) mass is 327 g/mol. The molecule has 1 aliphatic heterocycles. The van der Waals surface area contributed by atoms with Crippen LogP contribution in [0.1, 0.15) is 37.2 Å². The Morgan fingerprint density at radius 1 is 1.21 bits per heavy atom. The largest absolute Gasteiger partial charge is 0.492 e. The van der Waals surface area contributed by atoms with Crippen molar-refractivity contribution < 1.29 is 9.13 Å². The topological polar surface area (TPSA) is 21.3 Å². The van der Waals surface area contributed by atoms with E-state index in [9.17, 15) is 4.39 Å². The summed E-state index contributed by atoms with van der Waals surface area (Å²) >= 11 is 3.45. The third kappa shape index (κ3) is 3.29. The molecule has 1 saturated carbocycles. The predicted octanol–water partition coefficient (Wildman–Crippen LogP) is 3.84. The maximum atomic E-state index is 13.7. The summed E-state index contributed by atoms with van der Waals surface area (Å²) in [5.41, 5.74) is 1.04. The summed E-state index contributed by atoms with van der Waals surface area (Å²) in [6.07, 6.45) is 4.63. The van der Waals surface area contributed by atoms with Gasteiger partial charge in [-0.2, -0.15) is 0 Å². The van der Waals surface area contributed by atoms with E-state index in [1.165, 1.54) is 18.9 Å². The zero-order valence-corrected chi connectivity index (χ0v) is 12.5. The molecule has 1 heterocycles. The molecule has 3 rings (SSSR count). The lowest BCUT2D eigenvalue weighted by Crippen LogP contribution is -2.27. The molecule has 1 aromatic rings. The maximum absolute atomic E-state index is 13.7. The quantitative estimate of drug-likeness (QED) is 0.907. The molecule has 0 amide bonds. The first-order valence-electron chi connectivity index (χ1n) is 7.06. The summed E-state index contributed by atoms with van der Waals surface area (Å²) in [5, 5.41) is 3.35. The fourth-order valence-electron chi connectivity index (χ4n) is 2.65. The molecule has 1 aromatic carbocycles. The van der Waals surface area contributed by atoms with Crippen LogP contribution in [-0.4, -0.2) is 19.7 Å². The molecule has 0 unspecified atom stereocenters. The molecule has 1 aliphatic carbocycles. The van der Waals surface area contributed by atoms with Gasteiger partial charge >= 0.3 is 0 Å². The molecule has 2 aliphatic rings. The highest BCUT2D eigenvalue weighted by molar-refractivity contribution is 9.10. The summed E-state index contributed by atoms with van der Waals surface area (Å²) in [6.45, 7) is 2.77. The van der Waals surface area contributed by atoms with Gasteiger partial charge in [-0.05, 0) is 78.7 Å². The van der Waals surface area contributed by atoms with Crippen molar-refractivity contribution in [3.63, 3.8) is 0 Å². The van der Waals surface area contributed by atoms with E-state index in [1.54, 1.807) is 6.07 Å². The second kappa shape index (κ2) is 5.80. The van der Waals surface area contributed by atoms with Crippen molar-refractivity contribution in [1.82, 2.24) is 5.32 Å². The Morgan fingerprint density at radius 3 is 2.63 bits per heavy atom. The Labute approximate surface area is 121 Å². The highest BCUT2D eigenvalue weighted by Crippen LogP contribution is 2.40. The Hall–Kier alpha value is -0.610. The molecule has 1 N–H and O–H groups in total. The second-order valence-corrected chi connectivity index (χ2v) is 6.44. The molecule has 2 nitrogen and oxygen atoms in total. The summed E-state index contributed by atoms with van der Waals surface area (Å²) in [6, 6.07) is 3.16. The molecule has 104 valence electrons. The van der Waals surface area contributed by atoms with Crippen LogP contribution in [0.15, 0.2) is 16.6 Å². The molecule has 1 saturated heterocycles. The van der Waals surface area contributed by atoms with E-state index in [0.717, 1.165) is 48.3 Å². The van der Waals surface area contributed by atoms with Crippen molar-refractivity contribution in [2.75, 3.05) is 19.7 Å². The summed E-state index contributed by atoms with van der Waals surface area (Å²) < 4.78 is 20.4. The average Bonchev–Trinajstić information content (AvgIpc) is 3.22. The Kier molecular flexibility index (Phi) is 4.08. The van der Waals surface area contributed by atoms with Gasteiger partial charge in [0, 0.05) is 5.56 Å². The van der Waals surface area contributed by atoms with Gasteiger partial charge in [0.25, 0.3) is 0 Å². The Morgan fingerprint density at radius 2 is 1.95 bits per heavy atom. The number of rotatable bonds is 4. The van der Waals surface area contributed by atoms with E-state index in [2.05, 4.69) is 21.2 Å². The molecule has 0 radical (unpaired) electrons. The minimum atomic E-state index is -0.181. The molecular weight excluding hydrogens is 309 g/mol. The van der Waals surface area contributed by atoms with Crippen LogP contribution >= 0.6 is 15.9 Å². The van der Waals surface area contributed by atoms with Gasteiger partial charge in [-0.25, -0.2) is 4.39 Å². The normalized spacial score (nSPS) is 20.5. The summed E-state index contributed by atoms with van der Waals surface area (Å²) in [4.78, 5) is 0. The molecular formula is C15H19BrFNO. The standard InChI is InChI=1S/C15H19BrFNO/c16-14-8-12(17)7-13(11-3-5-18-6-4-11)15(14)19-9-10-1-2-10/h7-8,10-11,18H,1-6,9H2. The van der Waals surface area contributed by atoms with Crippen LogP contribution in [0, 0.1) is 11.7 Å². The lowest BCUT2D eigenvalue weighted by Gasteiger charge is -2.25. The van der Waals surface area contributed by atoms with Gasteiger partial charge in [-0.3, -0.25) is 0 Å². The van der Waals surface area contributed by atoms with Crippen LogP contribution in [0.4, 0.5) is 4.39 Å². The van der Waals surface area contributed by atoms with Crippen LogP contribution in [0.5, 0.6) is 5.75 Å². The lowest BCUT2D eigenvalue weighted by molar-refractivity contribution is 0.290. The highest BCUT2D eigenvalue weighted by atomic mass is 79.9. The van der Waals surface area contributed by atoms with Gasteiger partial charge in [0.1, 0.15) is 11.6 Å². The molecule has 19 heavy (non-hydrogen) atoms. The fraction of sp³-hybridized carbons (Fsp3) is 0.600. The van der Waals surface area contributed by atoms with Gasteiger partial charge in [0.2, 0.25) is 0 Å². The molecule has 0 aromatic heterocycles. The van der Waals surface area contributed by atoms with Crippen molar-refractivity contribution in [2.45, 2.75) is 31.6 Å². The number of halogens is 2. The predicted molar refractivity (Wildman–Crippen MR) is 77.2 cm³/mol. The number of hydrogen-bond acceptors (Lipinski definition) is 2. The van der Waals surface area contributed by atoms with E-state index in [4.69, 9.17) is 4.74 Å². The van der Waals surface area contributed by atoms with Gasteiger partial charge in [0.05, 0.1) is 11.1 Å². The average molecular weight is 328 g/mol. The van der Waals surface area contributed by atoms with Crippen molar-refractivity contribution in [2.24, 2.45) is 5.92 Å². The first kappa shape index (κ1) is 13.4. The minimum absolute atomic E-state index is 0.181. The molecule has 0 bridgehead atoms. The maximum Gasteiger partial charge on any atom is 0.137 e. The van der Waals surface area contributed by atoms with Crippen LogP contribution in [0.3, 0.4) is 0 Å². The smallest absolute Gasteiger partial charge is 0.137 e. The number of ether oxygens (including phenoxy) is 1. The van der Waals surface area contributed by atoms with E-state index in [0.29, 0.717) is 11.8 Å². The van der Waals surface area contributed by atoms with Crippen molar-refractivity contribution in [3.8, 4) is 5.75 Å². The van der Waals surface area contributed by atoms with E-state index < -0.39 is 0 Å². The summed E-state index contributed by atoms with van der Waals surface area (Å²) in [5.74, 6) is 1.79. The number of piperidine rings is 1. The third-order valence-corrected chi connectivity index (χ3v) is 4.57. The van der Waals surface area contributed by atoms with Crippen molar-refractivity contribution in [1.29, 1.82) is 0 Å². The fourth-order valence-corrected chi connectivity index (χ4v) is 3.22. The zero-order chi connectivity index (χ0) is 13.2. The van der Waals surface area contributed by atoms with Crippen molar-refractivity contribution in [3.05, 3.63) is 28.0 Å². The minimum Gasteiger partial charge on any atom is -0.492 e. The Bertz CT molecular complexity index is 456. The van der Waals surface area contributed by atoms with Crippen molar-refractivity contribution >= 4 is 15.9 Å². The molecule has 4 heteroatoms. The van der Waals surface area contributed by atoms with Crippen LogP contribution in [0.25, 0.3) is 0 Å². The van der Waals surface area contributed by atoms with Gasteiger partial charge < -0.3 is 10.1 Å². The van der Waals surface area contributed by atoms with E-state index in [-0.39, 0.29) is 5.82 Å². The van der Waals surface area contributed by atoms with Gasteiger partial charge in [-0.15, -0.1) is 0 Å². The van der Waals surface area contributed by atoms with Gasteiger partial charge in [-0.1, -0.05) is 0 Å². The zero-order valence-electron chi connectivity index (χ0n) is 10.9. The Balaban J connectivity index is 1.85. The van der Waals surface area contributed by atoms with Crippen LogP contribution in [-0.2, 0) is 0 Å². The number of nitrogens with one attached hydrogen (secondary N) is 1.